The van der Waals surface area contributed by atoms with E-state index in [0.717, 1.165) is 5.56 Å². The molecule has 134 valence electrons. The van der Waals surface area contributed by atoms with Gasteiger partial charge in [-0.15, -0.1) is 10.2 Å². The number of aromatic nitrogens is 2. The summed E-state index contributed by atoms with van der Waals surface area (Å²) in [6, 6.07) is 13.0. The number of Topliss-reactive ketones (excluding diaryl/α,β-unsaturated/α-hetero) is 1. The summed E-state index contributed by atoms with van der Waals surface area (Å²) in [5, 5.41) is 8.51. The Balaban J connectivity index is 1.51. The molecule has 3 rings (SSSR count). The van der Waals surface area contributed by atoms with Gasteiger partial charge in [0.25, 0.3) is 11.1 Å². The minimum absolute atomic E-state index is 0.00848. The molecule has 2 aromatic carbocycles. The third-order valence-corrected chi connectivity index (χ3v) is 4.59. The topological polar surface area (TPSA) is 65.2 Å². The Labute approximate surface area is 154 Å². The highest BCUT2D eigenvalue weighted by molar-refractivity contribution is 7.99. The molecule has 1 heterocycles. The number of hydrogen-bond acceptors (Lipinski definition) is 6. The van der Waals surface area contributed by atoms with Gasteiger partial charge in [0.2, 0.25) is 0 Å². The Morgan fingerprint density at radius 1 is 1.15 bits per heavy atom. The number of methoxy groups -OCH3 is 1. The van der Waals surface area contributed by atoms with Crippen molar-refractivity contribution in [3.63, 3.8) is 0 Å². The van der Waals surface area contributed by atoms with Gasteiger partial charge in [-0.05, 0) is 42.8 Å². The fourth-order valence-electron chi connectivity index (χ4n) is 2.37. The van der Waals surface area contributed by atoms with Crippen LogP contribution in [0, 0.1) is 5.82 Å². The van der Waals surface area contributed by atoms with Crippen molar-refractivity contribution in [3.8, 4) is 17.2 Å². The molecule has 3 aromatic rings. The molecule has 1 aromatic heterocycles. The van der Waals surface area contributed by atoms with Gasteiger partial charge in [-0.3, -0.25) is 4.79 Å². The molecule has 0 unspecified atom stereocenters. The number of para-hydroxylation sites is 1. The number of ketones is 1. The first-order valence-electron chi connectivity index (χ1n) is 8.06. The van der Waals surface area contributed by atoms with Crippen molar-refractivity contribution in [1.82, 2.24) is 10.2 Å². The summed E-state index contributed by atoms with van der Waals surface area (Å²) >= 11 is 1.40. The number of thioether (sulfide) groups is 1. The van der Waals surface area contributed by atoms with E-state index in [2.05, 4.69) is 10.2 Å². The van der Waals surface area contributed by atoms with Crippen molar-refractivity contribution >= 4 is 17.5 Å². The van der Waals surface area contributed by atoms with Gasteiger partial charge in [-0.25, -0.2) is 4.39 Å². The minimum atomic E-state index is -0.348. The van der Waals surface area contributed by atoms with Crippen LogP contribution in [0.5, 0.6) is 5.75 Å². The first kappa shape index (κ1) is 18.1. The Morgan fingerprint density at radius 2 is 1.92 bits per heavy atom. The molecule has 0 radical (unpaired) electrons. The molecule has 26 heavy (non-hydrogen) atoms. The highest BCUT2D eigenvalue weighted by Gasteiger charge is 2.13. The summed E-state index contributed by atoms with van der Waals surface area (Å²) in [4.78, 5) is 12.0. The second kappa shape index (κ2) is 8.62. The molecule has 0 amide bonds. The Bertz CT molecular complexity index is 881. The molecule has 0 aliphatic carbocycles. The van der Waals surface area contributed by atoms with Crippen LogP contribution in [-0.2, 0) is 0 Å². The average molecular weight is 372 g/mol. The SMILES string of the molecule is COc1ccccc1-c1nnc(SCCCC(=O)c2ccc(F)cc2)o1. The number of nitrogens with zero attached hydrogens (tertiary/aromatic N) is 2. The third kappa shape index (κ3) is 4.49. The highest BCUT2D eigenvalue weighted by atomic mass is 32.2. The lowest BCUT2D eigenvalue weighted by Crippen LogP contribution is -1.99. The van der Waals surface area contributed by atoms with E-state index in [0.29, 0.717) is 41.0 Å². The van der Waals surface area contributed by atoms with Crippen molar-refractivity contribution in [2.24, 2.45) is 0 Å². The molecule has 0 aliphatic rings. The standard InChI is InChI=1S/C19H17FN2O3S/c1-24-17-7-3-2-5-15(17)18-21-22-19(25-18)26-12-4-6-16(23)13-8-10-14(20)11-9-13/h2-3,5,7-11H,4,6,12H2,1H3. The minimum Gasteiger partial charge on any atom is -0.496 e. The number of carbonyl (C=O) groups excluding carboxylic acids is 1. The Morgan fingerprint density at radius 3 is 2.69 bits per heavy atom. The average Bonchev–Trinajstić information content (AvgIpc) is 3.14. The van der Waals surface area contributed by atoms with Crippen LogP contribution >= 0.6 is 11.8 Å². The highest BCUT2D eigenvalue weighted by Crippen LogP contribution is 2.30. The molecular weight excluding hydrogens is 355 g/mol. The largest absolute Gasteiger partial charge is 0.496 e. The third-order valence-electron chi connectivity index (χ3n) is 3.68. The predicted octanol–water partition coefficient (Wildman–Crippen LogP) is 4.64. The zero-order valence-corrected chi connectivity index (χ0v) is 15.0. The van der Waals surface area contributed by atoms with Crippen molar-refractivity contribution < 1.29 is 18.3 Å². The van der Waals surface area contributed by atoms with Gasteiger partial charge in [-0.1, -0.05) is 23.9 Å². The molecule has 0 bridgehead atoms. The molecule has 0 spiro atoms. The molecule has 0 aliphatic heterocycles. The smallest absolute Gasteiger partial charge is 0.276 e. The van der Waals surface area contributed by atoms with E-state index in [-0.39, 0.29) is 11.6 Å². The molecule has 0 fully saturated rings. The molecule has 0 N–H and O–H groups in total. The van der Waals surface area contributed by atoms with Crippen LogP contribution in [0.25, 0.3) is 11.5 Å². The van der Waals surface area contributed by atoms with Crippen LogP contribution in [0.2, 0.25) is 0 Å². The van der Waals surface area contributed by atoms with E-state index >= 15 is 0 Å². The fraction of sp³-hybridized carbons (Fsp3) is 0.211. The maximum absolute atomic E-state index is 12.9. The van der Waals surface area contributed by atoms with Crippen molar-refractivity contribution in [2.45, 2.75) is 18.1 Å². The molecule has 5 nitrogen and oxygen atoms in total. The molecular formula is C19H17FN2O3S. The number of halogens is 1. The van der Waals surface area contributed by atoms with Crippen LogP contribution < -0.4 is 4.74 Å². The Kier molecular flexibility index (Phi) is 6.01. The predicted molar refractivity (Wildman–Crippen MR) is 97.0 cm³/mol. The van der Waals surface area contributed by atoms with Crippen LogP contribution in [0.4, 0.5) is 4.39 Å². The van der Waals surface area contributed by atoms with E-state index in [1.54, 1.807) is 7.11 Å². The molecule has 0 saturated carbocycles. The monoisotopic (exact) mass is 372 g/mol. The lowest BCUT2D eigenvalue weighted by Gasteiger charge is -2.03. The number of benzene rings is 2. The van der Waals surface area contributed by atoms with Gasteiger partial charge >= 0.3 is 0 Å². The van der Waals surface area contributed by atoms with Gasteiger partial charge in [0, 0.05) is 17.7 Å². The van der Waals surface area contributed by atoms with Crippen molar-refractivity contribution in [1.29, 1.82) is 0 Å². The number of rotatable bonds is 8. The van der Waals surface area contributed by atoms with Crippen molar-refractivity contribution in [2.75, 3.05) is 12.9 Å². The summed E-state index contributed by atoms with van der Waals surface area (Å²) in [6.45, 7) is 0. The molecule has 0 saturated heterocycles. The zero-order chi connectivity index (χ0) is 18.4. The van der Waals surface area contributed by atoms with Gasteiger partial charge in [0.1, 0.15) is 11.6 Å². The van der Waals surface area contributed by atoms with Crippen LogP contribution in [0.15, 0.2) is 58.2 Å². The fourth-order valence-corrected chi connectivity index (χ4v) is 3.07. The van der Waals surface area contributed by atoms with Crippen LogP contribution in [0.3, 0.4) is 0 Å². The maximum Gasteiger partial charge on any atom is 0.276 e. The number of carbonyl (C=O) groups is 1. The van der Waals surface area contributed by atoms with Gasteiger partial charge in [0.05, 0.1) is 12.7 Å². The first-order chi connectivity index (χ1) is 12.7. The van der Waals surface area contributed by atoms with E-state index in [9.17, 15) is 9.18 Å². The molecule has 7 heteroatoms. The summed E-state index contributed by atoms with van der Waals surface area (Å²) in [7, 11) is 1.59. The summed E-state index contributed by atoms with van der Waals surface area (Å²) in [5.74, 6) is 1.37. The van der Waals surface area contributed by atoms with E-state index in [4.69, 9.17) is 9.15 Å². The Hall–Kier alpha value is -2.67. The lowest BCUT2D eigenvalue weighted by atomic mass is 10.1. The second-order valence-corrected chi connectivity index (χ2v) is 6.50. The molecule has 0 atom stereocenters. The summed E-state index contributed by atoms with van der Waals surface area (Å²) in [6.07, 6.45) is 1.04. The summed E-state index contributed by atoms with van der Waals surface area (Å²) in [5.41, 5.74) is 1.26. The van der Waals surface area contributed by atoms with Gasteiger partial charge in [0.15, 0.2) is 5.78 Å². The van der Waals surface area contributed by atoms with E-state index in [1.807, 2.05) is 24.3 Å². The van der Waals surface area contributed by atoms with Crippen molar-refractivity contribution in [3.05, 3.63) is 59.9 Å². The normalized spacial score (nSPS) is 10.7. The van der Waals surface area contributed by atoms with Crippen LogP contribution in [0.1, 0.15) is 23.2 Å². The maximum atomic E-state index is 12.9. The van der Waals surface area contributed by atoms with E-state index < -0.39 is 0 Å². The van der Waals surface area contributed by atoms with E-state index in [1.165, 1.54) is 36.0 Å². The second-order valence-electron chi connectivity index (χ2n) is 5.46. The number of ether oxygens (including phenoxy) is 1. The van der Waals surface area contributed by atoms with Crippen LogP contribution in [-0.4, -0.2) is 28.8 Å². The summed E-state index contributed by atoms with van der Waals surface area (Å²) < 4.78 is 23.8. The lowest BCUT2D eigenvalue weighted by molar-refractivity contribution is 0.0982. The zero-order valence-electron chi connectivity index (χ0n) is 14.1. The quantitative estimate of drug-likeness (QED) is 0.326. The van der Waals surface area contributed by atoms with Gasteiger partial charge in [-0.2, -0.15) is 0 Å². The number of hydrogen-bond donors (Lipinski definition) is 0. The van der Waals surface area contributed by atoms with Gasteiger partial charge < -0.3 is 9.15 Å². The first-order valence-corrected chi connectivity index (χ1v) is 9.04.